The zero-order valence-corrected chi connectivity index (χ0v) is 18.7. The van der Waals surface area contributed by atoms with Crippen molar-refractivity contribution < 1.29 is 61.8 Å². The van der Waals surface area contributed by atoms with Crippen LogP contribution < -0.4 is 34.9 Å². The summed E-state index contributed by atoms with van der Waals surface area (Å²) in [5.41, 5.74) is -0.0629. The Hall–Kier alpha value is -1.53. The Kier molecular flexibility index (Phi) is 12.1. The van der Waals surface area contributed by atoms with Crippen LogP contribution in [0.5, 0.6) is 0 Å². The van der Waals surface area contributed by atoms with E-state index in [0.29, 0.717) is 6.54 Å². The molecule has 2 N–H and O–H groups in total. The molecule has 1 rings (SSSR count). The first-order valence-corrected chi connectivity index (χ1v) is 9.91. The summed E-state index contributed by atoms with van der Waals surface area (Å²) in [4.78, 5) is 34.1. The number of unbranched alkanes of at least 4 members (excludes halogenated alkanes) is 1. The molecule has 1 aromatic rings. The van der Waals surface area contributed by atoms with Gasteiger partial charge in [0.1, 0.15) is 6.61 Å². The molecule has 0 radical (unpaired) electrons. The van der Waals surface area contributed by atoms with Gasteiger partial charge in [-0.25, -0.2) is 0 Å². The molecule has 0 spiro atoms. The fraction of sp³-hybridized carbons (Fsp3) is 0.500. The Morgan fingerprint density at radius 1 is 1.29 bits per heavy atom. The second-order valence-electron chi connectivity index (χ2n) is 5.76. The van der Waals surface area contributed by atoms with Gasteiger partial charge in [-0.1, -0.05) is 6.92 Å². The number of hydrogen-bond donors (Lipinski definition) is 2. The Labute approximate surface area is 185 Å². The number of nitrogens with zero attached hydrogens (tertiary/aromatic N) is 1. The van der Waals surface area contributed by atoms with Crippen molar-refractivity contribution in [1.29, 1.82) is 0 Å². The molecule has 28 heavy (non-hydrogen) atoms. The van der Waals surface area contributed by atoms with Crippen LogP contribution in [-0.2, 0) is 26.3 Å². The number of carbonyl (C=O) groups excluding carboxylic acids is 2. The standard InChI is InChI=1S/C16H22N2O8S.Na/c1-2-8-17-16(20)12-6-7-13(14(10-12)18(21)22)11-26-15(19)5-3-4-9-27(23,24)25;/h6-7,10H,2-5,8-9,11H2,1H3,(H,17,20)(H,23,24,25);/q;+1. The minimum absolute atomic E-state index is 0. The molecule has 1 aromatic carbocycles. The molecule has 0 unspecified atom stereocenters. The van der Waals surface area contributed by atoms with Gasteiger partial charge in [-0.05, 0) is 31.4 Å². The Bertz CT molecular complexity index is 798. The van der Waals surface area contributed by atoms with Crippen molar-refractivity contribution in [3.8, 4) is 0 Å². The molecule has 0 aliphatic heterocycles. The first-order valence-electron chi connectivity index (χ1n) is 8.30. The number of nitro benzene ring substituents is 1. The molecule has 0 aliphatic rings. The monoisotopic (exact) mass is 425 g/mol. The molecule has 0 saturated heterocycles. The quantitative estimate of drug-likeness (QED) is 0.112. The predicted octanol–water partition coefficient (Wildman–Crippen LogP) is -1.16. The van der Waals surface area contributed by atoms with E-state index in [1.54, 1.807) is 0 Å². The number of benzene rings is 1. The van der Waals surface area contributed by atoms with Crippen molar-refractivity contribution in [2.24, 2.45) is 0 Å². The van der Waals surface area contributed by atoms with Crippen LogP contribution in [0.2, 0.25) is 0 Å². The number of esters is 1. The Morgan fingerprint density at radius 3 is 2.54 bits per heavy atom. The molecular formula is C16H22N2NaO8S+. The summed E-state index contributed by atoms with van der Waals surface area (Å²) in [6.45, 7) is 1.98. The molecule has 12 heteroatoms. The van der Waals surface area contributed by atoms with E-state index in [1.165, 1.54) is 12.1 Å². The van der Waals surface area contributed by atoms with E-state index in [0.717, 1.165) is 12.5 Å². The third-order valence-corrected chi connectivity index (χ3v) is 4.31. The fourth-order valence-electron chi connectivity index (χ4n) is 2.12. The first-order chi connectivity index (χ1) is 12.6. The molecule has 150 valence electrons. The van der Waals surface area contributed by atoms with Gasteiger partial charge in [-0.15, -0.1) is 0 Å². The maximum atomic E-state index is 11.9. The van der Waals surface area contributed by atoms with Gasteiger partial charge in [0.05, 0.1) is 16.2 Å². The number of nitrogens with one attached hydrogen (secondary N) is 1. The zero-order chi connectivity index (χ0) is 20.4. The molecular weight excluding hydrogens is 403 g/mol. The van der Waals surface area contributed by atoms with Crippen LogP contribution in [0.1, 0.15) is 48.5 Å². The minimum Gasteiger partial charge on any atom is -0.461 e. The van der Waals surface area contributed by atoms with Gasteiger partial charge in [0, 0.05) is 24.6 Å². The van der Waals surface area contributed by atoms with Gasteiger partial charge in [0.2, 0.25) is 0 Å². The number of rotatable bonds is 11. The van der Waals surface area contributed by atoms with Crippen LogP contribution in [0.15, 0.2) is 18.2 Å². The zero-order valence-electron chi connectivity index (χ0n) is 15.8. The predicted molar refractivity (Wildman–Crippen MR) is 95.8 cm³/mol. The normalized spacial score (nSPS) is 10.6. The molecule has 0 saturated carbocycles. The second-order valence-corrected chi connectivity index (χ2v) is 7.33. The molecule has 0 aromatic heterocycles. The van der Waals surface area contributed by atoms with E-state index in [-0.39, 0.29) is 72.2 Å². The first kappa shape index (κ1) is 26.5. The third-order valence-electron chi connectivity index (χ3n) is 3.50. The van der Waals surface area contributed by atoms with Crippen molar-refractivity contribution in [1.82, 2.24) is 5.32 Å². The molecule has 1 amide bonds. The summed E-state index contributed by atoms with van der Waals surface area (Å²) in [5.74, 6) is -1.53. The van der Waals surface area contributed by atoms with E-state index in [2.05, 4.69) is 5.32 Å². The van der Waals surface area contributed by atoms with E-state index in [9.17, 15) is 28.1 Å². The van der Waals surface area contributed by atoms with Crippen molar-refractivity contribution in [2.45, 2.75) is 39.2 Å². The minimum atomic E-state index is -4.07. The van der Waals surface area contributed by atoms with Crippen molar-refractivity contribution >= 4 is 27.7 Å². The van der Waals surface area contributed by atoms with Crippen LogP contribution in [0.3, 0.4) is 0 Å². The SMILES string of the molecule is CCCNC(=O)c1ccc(COC(=O)CCCCS(=O)(=O)O)c([N+](=O)[O-])c1.[Na+]. The summed E-state index contributed by atoms with van der Waals surface area (Å²) in [7, 11) is -4.07. The summed E-state index contributed by atoms with van der Waals surface area (Å²) in [6.07, 6.45) is 0.930. The maximum Gasteiger partial charge on any atom is 1.00 e. The topological polar surface area (TPSA) is 153 Å². The van der Waals surface area contributed by atoms with E-state index in [4.69, 9.17) is 9.29 Å². The average Bonchev–Trinajstić information content (AvgIpc) is 2.60. The number of hydrogen-bond acceptors (Lipinski definition) is 7. The fourth-order valence-corrected chi connectivity index (χ4v) is 2.69. The summed E-state index contributed by atoms with van der Waals surface area (Å²) >= 11 is 0. The van der Waals surface area contributed by atoms with Crippen molar-refractivity contribution in [3.05, 3.63) is 39.4 Å². The second kappa shape index (κ2) is 12.8. The van der Waals surface area contributed by atoms with Crippen LogP contribution in [0.4, 0.5) is 5.69 Å². The van der Waals surface area contributed by atoms with E-state index < -0.39 is 32.7 Å². The van der Waals surface area contributed by atoms with Gasteiger partial charge < -0.3 is 10.1 Å². The van der Waals surface area contributed by atoms with Crippen LogP contribution in [-0.4, -0.2) is 42.1 Å². The van der Waals surface area contributed by atoms with Gasteiger partial charge in [0.15, 0.2) is 0 Å². The van der Waals surface area contributed by atoms with Gasteiger partial charge in [-0.3, -0.25) is 24.3 Å². The Balaban J connectivity index is 0.00000729. The van der Waals surface area contributed by atoms with Crippen LogP contribution in [0.25, 0.3) is 0 Å². The van der Waals surface area contributed by atoms with E-state index in [1.807, 2.05) is 6.92 Å². The molecule has 0 fully saturated rings. The summed E-state index contributed by atoms with van der Waals surface area (Å²) in [6, 6.07) is 3.89. The summed E-state index contributed by atoms with van der Waals surface area (Å²) in [5, 5.41) is 13.8. The van der Waals surface area contributed by atoms with Crippen LogP contribution >= 0.6 is 0 Å². The smallest absolute Gasteiger partial charge is 0.461 e. The molecule has 0 heterocycles. The van der Waals surface area contributed by atoms with Gasteiger partial charge in [-0.2, -0.15) is 8.42 Å². The average molecular weight is 425 g/mol. The number of amides is 1. The third kappa shape index (κ3) is 10.1. The van der Waals surface area contributed by atoms with Gasteiger partial charge >= 0.3 is 35.5 Å². The molecule has 0 atom stereocenters. The number of carbonyl (C=O) groups is 2. The maximum absolute atomic E-state index is 11.9. The molecule has 10 nitrogen and oxygen atoms in total. The van der Waals surface area contributed by atoms with Crippen molar-refractivity contribution in [3.63, 3.8) is 0 Å². The Morgan fingerprint density at radius 2 is 1.96 bits per heavy atom. The number of nitro groups is 1. The summed E-state index contributed by atoms with van der Waals surface area (Å²) < 4.78 is 34.7. The van der Waals surface area contributed by atoms with Crippen molar-refractivity contribution in [2.75, 3.05) is 12.3 Å². The van der Waals surface area contributed by atoms with E-state index >= 15 is 0 Å². The molecule has 0 aliphatic carbocycles. The molecule has 0 bridgehead atoms. The largest absolute Gasteiger partial charge is 1.00 e. The number of ether oxygens (including phenoxy) is 1. The van der Waals surface area contributed by atoms with Gasteiger partial charge in [0.25, 0.3) is 21.7 Å². The van der Waals surface area contributed by atoms with Crippen LogP contribution in [0, 0.1) is 10.1 Å².